The fourth-order valence-corrected chi connectivity index (χ4v) is 1.70. The number of nitro benzene ring substituents is 1. The number of methoxy groups -OCH3 is 2. The van der Waals surface area contributed by atoms with Gasteiger partial charge in [0, 0.05) is 6.08 Å². The Morgan fingerprint density at radius 2 is 1.84 bits per heavy atom. The molecule has 0 bridgehead atoms. The van der Waals surface area contributed by atoms with Crippen molar-refractivity contribution in [2.45, 2.75) is 6.92 Å². The van der Waals surface area contributed by atoms with Crippen LogP contribution in [-0.2, 0) is 0 Å². The summed E-state index contributed by atoms with van der Waals surface area (Å²) in [5, 5.41) is 21.4. The highest BCUT2D eigenvalue weighted by Gasteiger charge is 2.24. The Balaban J connectivity index is 3.56. The summed E-state index contributed by atoms with van der Waals surface area (Å²) in [4.78, 5) is 20.1. The Morgan fingerprint density at radius 3 is 2.26 bits per heavy atom. The van der Waals surface area contributed by atoms with Crippen molar-refractivity contribution >= 4 is 11.8 Å². The van der Waals surface area contributed by atoms with E-state index in [1.54, 1.807) is 0 Å². The fraction of sp³-hybridized carbons (Fsp3) is 0.273. The fourth-order valence-electron chi connectivity index (χ4n) is 1.70. The summed E-state index contributed by atoms with van der Waals surface area (Å²) < 4.78 is 10.1. The molecule has 0 N–H and O–H groups in total. The highest BCUT2D eigenvalue weighted by Crippen LogP contribution is 2.39. The first-order chi connectivity index (χ1) is 8.92. The summed E-state index contributed by atoms with van der Waals surface area (Å²) in [5.74, 6) is 0.501. The van der Waals surface area contributed by atoms with Crippen LogP contribution in [0, 0.1) is 27.2 Å². The number of nitro groups is 2. The van der Waals surface area contributed by atoms with E-state index in [4.69, 9.17) is 9.47 Å². The molecule has 0 aromatic heterocycles. The molecule has 0 heterocycles. The number of benzene rings is 1. The first kappa shape index (κ1) is 14.4. The van der Waals surface area contributed by atoms with E-state index in [1.165, 1.54) is 27.2 Å². The van der Waals surface area contributed by atoms with E-state index in [2.05, 4.69) is 0 Å². The van der Waals surface area contributed by atoms with E-state index in [-0.39, 0.29) is 28.3 Å². The molecule has 0 aliphatic rings. The van der Waals surface area contributed by atoms with Crippen LogP contribution in [0.5, 0.6) is 11.5 Å². The van der Waals surface area contributed by atoms with E-state index < -0.39 is 9.85 Å². The zero-order valence-corrected chi connectivity index (χ0v) is 10.6. The monoisotopic (exact) mass is 268 g/mol. The molecule has 0 saturated heterocycles. The van der Waals surface area contributed by atoms with Crippen LogP contribution in [0.15, 0.2) is 12.3 Å². The molecular formula is C11H12N2O6. The number of ether oxygens (including phenoxy) is 2. The average Bonchev–Trinajstić information content (AvgIpc) is 2.34. The maximum absolute atomic E-state index is 11.1. The SMILES string of the molecule is COc1cc(C=C[N+](=O)[O-])c([N+](=O)[O-])c(C)c1OC. The minimum absolute atomic E-state index is 0.0804. The quantitative estimate of drug-likeness (QED) is 0.598. The lowest BCUT2D eigenvalue weighted by molar-refractivity contribution is -0.401. The normalized spacial score (nSPS) is 10.5. The van der Waals surface area contributed by atoms with Crippen LogP contribution < -0.4 is 9.47 Å². The number of nitrogens with zero attached hydrogens (tertiary/aromatic N) is 2. The summed E-state index contributed by atoms with van der Waals surface area (Å²) in [5.41, 5.74) is 0.0717. The van der Waals surface area contributed by atoms with Gasteiger partial charge in [-0.3, -0.25) is 20.2 Å². The van der Waals surface area contributed by atoms with E-state index in [0.29, 0.717) is 6.20 Å². The van der Waals surface area contributed by atoms with Crippen molar-refractivity contribution in [1.29, 1.82) is 0 Å². The minimum atomic E-state index is -0.699. The standard InChI is InChI=1S/C11H12N2O6/c1-7-10(13(16)17)8(4-5-12(14)15)6-9(18-2)11(7)19-3/h4-6H,1-3H3. The van der Waals surface area contributed by atoms with E-state index in [1.807, 2.05) is 0 Å². The van der Waals surface area contributed by atoms with Gasteiger partial charge in [0.2, 0.25) is 6.20 Å². The Hall–Kier alpha value is -2.64. The second kappa shape index (κ2) is 5.80. The highest BCUT2D eigenvalue weighted by atomic mass is 16.6. The molecule has 1 aromatic rings. The van der Waals surface area contributed by atoms with Crippen LogP contribution in [0.4, 0.5) is 5.69 Å². The van der Waals surface area contributed by atoms with Crippen LogP contribution in [0.2, 0.25) is 0 Å². The van der Waals surface area contributed by atoms with Gasteiger partial charge < -0.3 is 9.47 Å². The highest BCUT2D eigenvalue weighted by molar-refractivity contribution is 5.70. The maximum atomic E-state index is 11.1. The van der Waals surface area contributed by atoms with Crippen LogP contribution >= 0.6 is 0 Å². The van der Waals surface area contributed by atoms with Crippen molar-refractivity contribution in [3.8, 4) is 11.5 Å². The topological polar surface area (TPSA) is 105 Å². The van der Waals surface area contributed by atoms with E-state index in [0.717, 1.165) is 6.08 Å². The molecule has 0 radical (unpaired) electrons. The smallest absolute Gasteiger partial charge is 0.283 e. The summed E-state index contributed by atoms with van der Waals surface area (Å²) in [6.07, 6.45) is 1.68. The van der Waals surface area contributed by atoms with E-state index in [9.17, 15) is 20.2 Å². The van der Waals surface area contributed by atoms with Gasteiger partial charge in [-0.2, -0.15) is 0 Å². The molecular weight excluding hydrogens is 256 g/mol. The zero-order valence-electron chi connectivity index (χ0n) is 10.6. The van der Waals surface area contributed by atoms with Crippen molar-refractivity contribution < 1.29 is 19.3 Å². The molecule has 8 nitrogen and oxygen atoms in total. The van der Waals surface area contributed by atoms with Crippen LogP contribution in [-0.4, -0.2) is 24.1 Å². The number of rotatable bonds is 5. The number of hydrogen-bond acceptors (Lipinski definition) is 6. The summed E-state index contributed by atoms with van der Waals surface area (Å²) in [6, 6.07) is 1.32. The third-order valence-corrected chi connectivity index (χ3v) is 2.46. The van der Waals surface area contributed by atoms with Gasteiger partial charge in [-0.15, -0.1) is 0 Å². The van der Waals surface area contributed by atoms with Gasteiger partial charge in [0.15, 0.2) is 11.5 Å². The summed E-state index contributed by atoms with van der Waals surface area (Å²) in [7, 11) is 2.74. The molecule has 0 spiro atoms. The molecule has 0 atom stereocenters. The van der Waals surface area contributed by atoms with Gasteiger partial charge in [0.1, 0.15) is 0 Å². The first-order valence-electron chi connectivity index (χ1n) is 5.14. The second-order valence-electron chi connectivity index (χ2n) is 3.53. The summed E-state index contributed by atoms with van der Waals surface area (Å²) in [6.45, 7) is 1.49. The van der Waals surface area contributed by atoms with Crippen molar-refractivity contribution in [2.75, 3.05) is 14.2 Å². The van der Waals surface area contributed by atoms with Crippen LogP contribution in [0.3, 0.4) is 0 Å². The van der Waals surface area contributed by atoms with Crippen molar-refractivity contribution in [3.63, 3.8) is 0 Å². The summed E-state index contributed by atoms with van der Waals surface area (Å²) >= 11 is 0. The molecule has 1 aromatic carbocycles. The van der Waals surface area contributed by atoms with Crippen molar-refractivity contribution in [2.24, 2.45) is 0 Å². The van der Waals surface area contributed by atoms with Gasteiger partial charge in [0.05, 0.1) is 35.2 Å². The molecule has 8 heteroatoms. The molecule has 19 heavy (non-hydrogen) atoms. The molecule has 0 fully saturated rings. The van der Waals surface area contributed by atoms with Gasteiger partial charge in [0.25, 0.3) is 5.69 Å². The predicted molar refractivity (Wildman–Crippen MR) is 67.0 cm³/mol. The third-order valence-electron chi connectivity index (χ3n) is 2.46. The lowest BCUT2D eigenvalue weighted by Gasteiger charge is -2.12. The van der Waals surface area contributed by atoms with Crippen LogP contribution in [0.25, 0.3) is 6.08 Å². The Labute approximate surface area is 108 Å². The van der Waals surface area contributed by atoms with Crippen molar-refractivity contribution in [3.05, 3.63) is 43.6 Å². The van der Waals surface area contributed by atoms with Gasteiger partial charge >= 0.3 is 0 Å². The minimum Gasteiger partial charge on any atom is -0.493 e. The molecule has 0 unspecified atom stereocenters. The Kier molecular flexibility index (Phi) is 4.41. The lowest BCUT2D eigenvalue weighted by atomic mass is 10.1. The number of hydrogen-bond donors (Lipinski definition) is 0. The van der Waals surface area contributed by atoms with Gasteiger partial charge in [-0.05, 0) is 13.0 Å². The second-order valence-corrected chi connectivity index (χ2v) is 3.53. The van der Waals surface area contributed by atoms with Crippen molar-refractivity contribution in [1.82, 2.24) is 0 Å². The first-order valence-corrected chi connectivity index (χ1v) is 5.14. The molecule has 0 amide bonds. The van der Waals surface area contributed by atoms with E-state index >= 15 is 0 Å². The molecule has 0 aliphatic heterocycles. The lowest BCUT2D eigenvalue weighted by Crippen LogP contribution is -2.01. The molecule has 0 saturated carbocycles. The van der Waals surface area contributed by atoms with Crippen LogP contribution in [0.1, 0.15) is 11.1 Å². The molecule has 0 aliphatic carbocycles. The zero-order chi connectivity index (χ0) is 14.6. The molecule has 102 valence electrons. The predicted octanol–water partition coefficient (Wildman–Crippen LogP) is 2.17. The molecule has 1 rings (SSSR count). The average molecular weight is 268 g/mol. The maximum Gasteiger partial charge on any atom is 0.283 e. The van der Waals surface area contributed by atoms with Gasteiger partial charge in [-0.25, -0.2) is 0 Å². The van der Waals surface area contributed by atoms with Gasteiger partial charge in [-0.1, -0.05) is 0 Å². The Morgan fingerprint density at radius 1 is 1.21 bits per heavy atom. The third kappa shape index (κ3) is 2.97. The Bertz CT molecular complexity index is 553. The largest absolute Gasteiger partial charge is 0.493 e.